The zero-order valence-electron chi connectivity index (χ0n) is 17.0. The predicted molar refractivity (Wildman–Crippen MR) is 121 cm³/mol. The van der Waals surface area contributed by atoms with E-state index >= 15 is 0 Å². The first kappa shape index (κ1) is 20.7. The molecule has 2 aromatic carbocycles. The van der Waals surface area contributed by atoms with Gasteiger partial charge in [-0.3, -0.25) is 14.4 Å². The van der Waals surface area contributed by atoms with Crippen LogP contribution in [-0.2, 0) is 20.1 Å². The van der Waals surface area contributed by atoms with E-state index in [-0.39, 0.29) is 17.7 Å². The summed E-state index contributed by atoms with van der Waals surface area (Å²) in [5, 5.41) is 2.70. The third kappa shape index (κ3) is 4.18. The number of thioether (sulfide) groups is 1. The molecule has 3 amide bonds. The SMILES string of the molecule is CC(=O)Nc1ccc(C2=C(SCc3ccco3)C(=O)N(c3ccccc3C)C2=O)cc1. The Bertz CT molecular complexity index is 1180. The van der Waals surface area contributed by atoms with Crippen LogP contribution in [-0.4, -0.2) is 17.7 Å². The summed E-state index contributed by atoms with van der Waals surface area (Å²) in [4.78, 5) is 39.7. The Kier molecular flexibility index (Phi) is 5.77. The molecule has 0 fully saturated rings. The van der Waals surface area contributed by atoms with E-state index in [1.165, 1.54) is 23.6 Å². The molecule has 7 heteroatoms. The Hall–Kier alpha value is -3.58. The Balaban J connectivity index is 1.74. The summed E-state index contributed by atoms with van der Waals surface area (Å²) in [6.07, 6.45) is 1.58. The Morgan fingerprint density at radius 2 is 1.74 bits per heavy atom. The molecule has 0 unspecified atom stereocenters. The van der Waals surface area contributed by atoms with Gasteiger partial charge in [0.25, 0.3) is 11.8 Å². The van der Waals surface area contributed by atoms with Crippen molar-refractivity contribution in [2.45, 2.75) is 19.6 Å². The standard InChI is InChI=1S/C24H20N2O4S/c1-15-6-3-4-8-20(15)26-23(28)21(17-9-11-18(12-10-17)25-16(2)27)22(24(26)29)31-14-19-7-5-13-30-19/h3-13H,14H2,1-2H3,(H,25,27). The third-order valence-electron chi connectivity index (χ3n) is 4.83. The van der Waals surface area contributed by atoms with Gasteiger partial charge in [-0.15, -0.1) is 11.8 Å². The molecule has 1 aliphatic heterocycles. The van der Waals surface area contributed by atoms with Gasteiger partial charge in [-0.2, -0.15) is 0 Å². The first-order valence-corrected chi connectivity index (χ1v) is 10.7. The topological polar surface area (TPSA) is 79.6 Å². The van der Waals surface area contributed by atoms with E-state index in [0.717, 1.165) is 5.56 Å². The lowest BCUT2D eigenvalue weighted by atomic mass is 10.1. The zero-order valence-corrected chi connectivity index (χ0v) is 17.9. The lowest BCUT2D eigenvalue weighted by molar-refractivity contribution is -0.120. The number of hydrogen-bond donors (Lipinski definition) is 1. The lowest BCUT2D eigenvalue weighted by Crippen LogP contribution is -2.31. The normalized spacial score (nSPS) is 13.8. The van der Waals surface area contributed by atoms with Gasteiger partial charge in [-0.25, -0.2) is 4.90 Å². The summed E-state index contributed by atoms with van der Waals surface area (Å²) in [5.41, 5.74) is 2.99. The van der Waals surface area contributed by atoms with Gasteiger partial charge in [0.05, 0.1) is 28.2 Å². The second-order valence-electron chi connectivity index (χ2n) is 7.06. The van der Waals surface area contributed by atoms with Crippen LogP contribution >= 0.6 is 11.8 Å². The second kappa shape index (κ2) is 8.65. The minimum absolute atomic E-state index is 0.181. The van der Waals surface area contributed by atoms with E-state index in [1.54, 1.807) is 48.7 Å². The van der Waals surface area contributed by atoms with E-state index < -0.39 is 0 Å². The van der Waals surface area contributed by atoms with Crippen molar-refractivity contribution < 1.29 is 18.8 Å². The van der Waals surface area contributed by atoms with Gasteiger partial charge in [-0.1, -0.05) is 30.3 Å². The highest BCUT2D eigenvalue weighted by Crippen LogP contribution is 2.40. The fraction of sp³-hybridized carbons (Fsp3) is 0.125. The van der Waals surface area contributed by atoms with E-state index in [0.29, 0.717) is 38.9 Å². The van der Waals surface area contributed by atoms with Crippen molar-refractivity contribution in [1.82, 2.24) is 0 Å². The lowest BCUT2D eigenvalue weighted by Gasteiger charge is -2.17. The summed E-state index contributed by atoms with van der Waals surface area (Å²) < 4.78 is 5.39. The highest BCUT2D eigenvalue weighted by atomic mass is 32.2. The van der Waals surface area contributed by atoms with E-state index in [2.05, 4.69) is 5.32 Å². The number of nitrogens with one attached hydrogen (secondary N) is 1. The quantitative estimate of drug-likeness (QED) is 0.568. The molecule has 6 nitrogen and oxygen atoms in total. The summed E-state index contributed by atoms with van der Waals surface area (Å²) in [5.74, 6) is 0.244. The summed E-state index contributed by atoms with van der Waals surface area (Å²) >= 11 is 1.28. The van der Waals surface area contributed by atoms with E-state index in [1.807, 2.05) is 25.1 Å². The van der Waals surface area contributed by atoms with Gasteiger partial charge >= 0.3 is 0 Å². The van der Waals surface area contributed by atoms with Gasteiger partial charge in [0, 0.05) is 12.6 Å². The number of benzene rings is 2. The van der Waals surface area contributed by atoms with Crippen LogP contribution < -0.4 is 10.2 Å². The van der Waals surface area contributed by atoms with Crippen molar-refractivity contribution in [3.63, 3.8) is 0 Å². The van der Waals surface area contributed by atoms with Crippen molar-refractivity contribution in [1.29, 1.82) is 0 Å². The second-order valence-corrected chi connectivity index (χ2v) is 8.05. The number of nitrogens with zero attached hydrogens (tertiary/aromatic N) is 1. The number of amides is 3. The molecule has 0 saturated heterocycles. The molecular formula is C24H20N2O4S. The minimum atomic E-state index is -0.367. The average molecular weight is 433 g/mol. The number of aryl methyl sites for hydroxylation is 1. The number of hydrogen-bond acceptors (Lipinski definition) is 5. The highest BCUT2D eigenvalue weighted by molar-refractivity contribution is 8.03. The number of furan rings is 1. The molecule has 3 aromatic rings. The molecule has 0 radical (unpaired) electrons. The molecule has 1 aliphatic rings. The van der Waals surface area contributed by atoms with Crippen LogP contribution in [0, 0.1) is 6.92 Å². The maximum Gasteiger partial charge on any atom is 0.272 e. The Morgan fingerprint density at radius 1 is 1.00 bits per heavy atom. The predicted octanol–water partition coefficient (Wildman–Crippen LogP) is 4.76. The molecule has 2 heterocycles. The van der Waals surface area contributed by atoms with Crippen LogP contribution in [0.4, 0.5) is 11.4 Å². The van der Waals surface area contributed by atoms with Gasteiger partial charge in [0.1, 0.15) is 5.76 Å². The fourth-order valence-electron chi connectivity index (χ4n) is 3.39. The molecule has 0 bridgehead atoms. The molecule has 0 saturated carbocycles. The number of rotatable bonds is 6. The monoisotopic (exact) mass is 432 g/mol. The zero-order chi connectivity index (χ0) is 22.0. The number of carbonyl (C=O) groups excluding carboxylic acids is 3. The van der Waals surface area contributed by atoms with Gasteiger partial charge in [0.15, 0.2) is 0 Å². The maximum absolute atomic E-state index is 13.4. The first-order valence-electron chi connectivity index (χ1n) is 9.67. The maximum atomic E-state index is 13.4. The Morgan fingerprint density at radius 3 is 2.39 bits per heavy atom. The van der Waals surface area contributed by atoms with E-state index in [4.69, 9.17) is 4.42 Å². The minimum Gasteiger partial charge on any atom is -0.468 e. The van der Waals surface area contributed by atoms with Crippen molar-refractivity contribution in [3.8, 4) is 0 Å². The fourth-order valence-corrected chi connectivity index (χ4v) is 4.41. The molecule has 0 spiro atoms. The molecule has 31 heavy (non-hydrogen) atoms. The first-order chi connectivity index (χ1) is 15.0. The third-order valence-corrected chi connectivity index (χ3v) is 5.93. The van der Waals surface area contributed by atoms with Crippen LogP contribution in [0.2, 0.25) is 0 Å². The molecule has 0 atom stereocenters. The van der Waals surface area contributed by atoms with Gasteiger partial charge < -0.3 is 9.73 Å². The van der Waals surface area contributed by atoms with E-state index in [9.17, 15) is 14.4 Å². The van der Waals surface area contributed by atoms with Gasteiger partial charge in [-0.05, 0) is 48.4 Å². The molecule has 1 N–H and O–H groups in total. The summed E-state index contributed by atoms with van der Waals surface area (Å²) in [6.45, 7) is 3.30. The highest BCUT2D eigenvalue weighted by Gasteiger charge is 2.40. The van der Waals surface area contributed by atoms with Crippen molar-refractivity contribution >= 4 is 46.4 Å². The number of para-hydroxylation sites is 1. The van der Waals surface area contributed by atoms with Crippen LogP contribution in [0.25, 0.3) is 5.57 Å². The van der Waals surface area contributed by atoms with Crippen molar-refractivity contribution in [3.05, 3.63) is 88.7 Å². The van der Waals surface area contributed by atoms with Crippen LogP contribution in [0.5, 0.6) is 0 Å². The van der Waals surface area contributed by atoms with Crippen LogP contribution in [0.3, 0.4) is 0 Å². The molecule has 0 aliphatic carbocycles. The summed E-state index contributed by atoms with van der Waals surface area (Å²) in [7, 11) is 0. The van der Waals surface area contributed by atoms with Gasteiger partial charge in [0.2, 0.25) is 5.91 Å². The average Bonchev–Trinajstić information content (AvgIpc) is 3.34. The van der Waals surface area contributed by atoms with Crippen molar-refractivity contribution in [2.24, 2.45) is 0 Å². The molecular weight excluding hydrogens is 412 g/mol. The summed E-state index contributed by atoms with van der Waals surface area (Å²) in [6, 6.07) is 17.8. The smallest absolute Gasteiger partial charge is 0.272 e. The number of carbonyl (C=O) groups is 3. The Labute approximate surface area is 183 Å². The van der Waals surface area contributed by atoms with Crippen LogP contribution in [0.15, 0.2) is 76.2 Å². The molecule has 156 valence electrons. The number of anilines is 2. The molecule has 4 rings (SSSR count). The van der Waals surface area contributed by atoms with Crippen LogP contribution in [0.1, 0.15) is 23.8 Å². The molecule has 1 aromatic heterocycles. The number of imide groups is 1. The largest absolute Gasteiger partial charge is 0.468 e. The van der Waals surface area contributed by atoms with Crippen molar-refractivity contribution in [2.75, 3.05) is 10.2 Å².